The lowest BCUT2D eigenvalue weighted by molar-refractivity contribution is 0.0962. The maximum absolute atomic E-state index is 12.1. The highest BCUT2D eigenvalue weighted by Gasteiger charge is 2.07. The van der Waals surface area contributed by atoms with Gasteiger partial charge in [-0.3, -0.25) is 15.6 Å². The molecule has 3 rings (SSSR count). The van der Waals surface area contributed by atoms with Crippen LogP contribution in [0.25, 0.3) is 11.3 Å². The van der Waals surface area contributed by atoms with E-state index in [4.69, 9.17) is 4.74 Å². The Kier molecular flexibility index (Phi) is 4.54. The fourth-order valence-corrected chi connectivity index (χ4v) is 2.67. The van der Waals surface area contributed by atoms with Crippen LogP contribution >= 0.6 is 11.3 Å². The van der Waals surface area contributed by atoms with Crippen LogP contribution in [0.5, 0.6) is 5.75 Å². The molecular formula is C17H15N3O2S. The summed E-state index contributed by atoms with van der Waals surface area (Å²) in [6.07, 6.45) is 0. The second-order valence-electron chi connectivity index (χ2n) is 4.71. The first-order valence-corrected chi connectivity index (χ1v) is 7.85. The van der Waals surface area contributed by atoms with Gasteiger partial charge in [0.15, 0.2) is 0 Å². The van der Waals surface area contributed by atoms with Crippen molar-refractivity contribution in [1.82, 2.24) is 10.4 Å². The highest BCUT2D eigenvalue weighted by Crippen LogP contribution is 2.24. The lowest BCUT2D eigenvalue weighted by Crippen LogP contribution is -2.29. The van der Waals surface area contributed by atoms with Crippen LogP contribution in [0.15, 0.2) is 60.0 Å². The molecule has 0 saturated heterocycles. The van der Waals surface area contributed by atoms with Crippen molar-refractivity contribution >= 4 is 22.4 Å². The summed E-state index contributed by atoms with van der Waals surface area (Å²) in [7, 11) is 1.59. The molecule has 2 aromatic carbocycles. The summed E-state index contributed by atoms with van der Waals surface area (Å²) < 4.78 is 5.07. The van der Waals surface area contributed by atoms with Gasteiger partial charge in [-0.05, 0) is 24.3 Å². The first-order valence-electron chi connectivity index (χ1n) is 6.97. The van der Waals surface area contributed by atoms with Gasteiger partial charge in [0.25, 0.3) is 5.91 Å². The molecule has 0 bridgehead atoms. The van der Waals surface area contributed by atoms with Gasteiger partial charge in [-0.1, -0.05) is 30.3 Å². The van der Waals surface area contributed by atoms with Gasteiger partial charge in [-0.2, -0.15) is 0 Å². The third kappa shape index (κ3) is 3.67. The van der Waals surface area contributed by atoms with E-state index in [2.05, 4.69) is 15.8 Å². The van der Waals surface area contributed by atoms with Gasteiger partial charge in [0.1, 0.15) is 5.75 Å². The number of benzene rings is 2. The maximum atomic E-state index is 12.1. The number of thiazole rings is 1. The van der Waals surface area contributed by atoms with E-state index >= 15 is 0 Å². The second-order valence-corrected chi connectivity index (χ2v) is 5.57. The zero-order valence-electron chi connectivity index (χ0n) is 12.4. The number of methoxy groups -OCH3 is 1. The lowest BCUT2D eigenvalue weighted by Gasteiger charge is -2.06. The Labute approximate surface area is 137 Å². The van der Waals surface area contributed by atoms with Crippen molar-refractivity contribution in [3.63, 3.8) is 0 Å². The number of anilines is 1. The number of carbonyl (C=O) groups is 1. The summed E-state index contributed by atoms with van der Waals surface area (Å²) in [5.74, 6) is 0.478. The molecule has 3 aromatic rings. The first kappa shape index (κ1) is 15.1. The van der Waals surface area contributed by atoms with Crippen molar-refractivity contribution < 1.29 is 9.53 Å². The maximum Gasteiger partial charge on any atom is 0.269 e. The van der Waals surface area contributed by atoms with Crippen molar-refractivity contribution in [2.45, 2.75) is 0 Å². The quantitative estimate of drug-likeness (QED) is 0.704. The molecule has 0 atom stereocenters. The Morgan fingerprint density at radius 1 is 1.09 bits per heavy atom. The minimum atomic E-state index is -0.232. The zero-order chi connectivity index (χ0) is 16.1. The molecule has 1 heterocycles. The third-order valence-electron chi connectivity index (χ3n) is 3.21. The summed E-state index contributed by atoms with van der Waals surface area (Å²) in [6.45, 7) is 0. The number of hydrogen-bond donors (Lipinski definition) is 2. The number of rotatable bonds is 5. The molecule has 23 heavy (non-hydrogen) atoms. The number of carbonyl (C=O) groups excluding carboxylic acids is 1. The van der Waals surface area contributed by atoms with Crippen LogP contribution in [0.2, 0.25) is 0 Å². The molecule has 5 nitrogen and oxygen atoms in total. The zero-order valence-corrected chi connectivity index (χ0v) is 13.3. The highest BCUT2D eigenvalue weighted by atomic mass is 32.1. The molecule has 0 spiro atoms. The molecule has 0 saturated carbocycles. The molecule has 1 amide bonds. The van der Waals surface area contributed by atoms with Gasteiger partial charge in [0.05, 0.1) is 12.8 Å². The summed E-state index contributed by atoms with van der Waals surface area (Å²) in [4.78, 5) is 16.5. The van der Waals surface area contributed by atoms with Gasteiger partial charge in [0.2, 0.25) is 5.13 Å². The van der Waals surface area contributed by atoms with Gasteiger partial charge >= 0.3 is 0 Å². The molecule has 0 aliphatic rings. The SMILES string of the molecule is COc1ccc(C(=O)NNc2nc(-c3ccccc3)cs2)cc1. The molecule has 0 unspecified atom stereocenters. The number of nitrogens with zero attached hydrogens (tertiary/aromatic N) is 1. The van der Waals surface area contributed by atoms with Crippen LogP contribution in [-0.4, -0.2) is 18.0 Å². The molecule has 6 heteroatoms. The molecule has 0 fully saturated rings. The van der Waals surface area contributed by atoms with Crippen LogP contribution in [0.4, 0.5) is 5.13 Å². The van der Waals surface area contributed by atoms with Crippen LogP contribution < -0.4 is 15.6 Å². The first-order chi connectivity index (χ1) is 11.3. The molecule has 2 N–H and O–H groups in total. The number of hydrogen-bond acceptors (Lipinski definition) is 5. The molecule has 0 radical (unpaired) electrons. The number of nitrogens with one attached hydrogen (secondary N) is 2. The Hall–Kier alpha value is -2.86. The van der Waals surface area contributed by atoms with Crippen molar-refractivity contribution in [1.29, 1.82) is 0 Å². The van der Waals surface area contributed by atoms with Crippen LogP contribution in [0, 0.1) is 0 Å². The fourth-order valence-electron chi connectivity index (χ4n) is 2.00. The normalized spacial score (nSPS) is 10.1. The van der Waals surface area contributed by atoms with E-state index in [1.165, 1.54) is 11.3 Å². The number of ether oxygens (including phenoxy) is 1. The summed E-state index contributed by atoms with van der Waals surface area (Å²) in [5, 5.41) is 2.57. The van der Waals surface area contributed by atoms with Crippen LogP contribution in [0.1, 0.15) is 10.4 Å². The average molecular weight is 325 g/mol. The van der Waals surface area contributed by atoms with Crippen molar-refractivity contribution in [2.24, 2.45) is 0 Å². The fraction of sp³-hybridized carbons (Fsp3) is 0.0588. The number of amides is 1. The minimum absolute atomic E-state index is 0.232. The molecule has 0 aliphatic carbocycles. The molecule has 0 aliphatic heterocycles. The number of hydrazine groups is 1. The Bertz CT molecular complexity index is 785. The van der Waals surface area contributed by atoms with Gasteiger partial charge < -0.3 is 4.74 Å². The monoisotopic (exact) mass is 325 g/mol. The van der Waals surface area contributed by atoms with Crippen molar-refractivity contribution in [3.8, 4) is 17.0 Å². The van der Waals surface area contributed by atoms with Gasteiger partial charge in [0, 0.05) is 16.5 Å². The standard InChI is InChI=1S/C17H15N3O2S/c1-22-14-9-7-13(8-10-14)16(21)19-20-17-18-15(11-23-17)12-5-3-2-4-6-12/h2-11H,1H3,(H,18,20)(H,19,21). The Morgan fingerprint density at radius 3 is 2.52 bits per heavy atom. The van der Waals surface area contributed by atoms with Crippen molar-refractivity contribution in [2.75, 3.05) is 12.5 Å². The summed E-state index contributed by atoms with van der Waals surface area (Å²) >= 11 is 1.43. The Morgan fingerprint density at radius 2 is 1.83 bits per heavy atom. The minimum Gasteiger partial charge on any atom is -0.497 e. The van der Waals surface area contributed by atoms with Crippen molar-refractivity contribution in [3.05, 3.63) is 65.5 Å². The predicted octanol–water partition coefficient (Wildman–Crippen LogP) is 3.58. The number of aromatic nitrogens is 1. The summed E-state index contributed by atoms with van der Waals surface area (Å²) in [5.41, 5.74) is 7.93. The molecule has 1 aromatic heterocycles. The van der Waals surface area contributed by atoms with E-state index in [1.807, 2.05) is 35.7 Å². The van der Waals surface area contributed by atoms with E-state index < -0.39 is 0 Å². The van der Waals surface area contributed by atoms with Crippen LogP contribution in [0.3, 0.4) is 0 Å². The van der Waals surface area contributed by atoms with Gasteiger partial charge in [-0.25, -0.2) is 4.98 Å². The van der Waals surface area contributed by atoms with E-state index in [-0.39, 0.29) is 5.91 Å². The van der Waals surface area contributed by atoms with E-state index in [0.29, 0.717) is 16.4 Å². The lowest BCUT2D eigenvalue weighted by atomic mass is 10.2. The molecule has 116 valence electrons. The predicted molar refractivity (Wildman–Crippen MR) is 91.6 cm³/mol. The largest absolute Gasteiger partial charge is 0.497 e. The smallest absolute Gasteiger partial charge is 0.269 e. The Balaban J connectivity index is 1.62. The third-order valence-corrected chi connectivity index (χ3v) is 3.97. The van der Waals surface area contributed by atoms with E-state index in [0.717, 1.165) is 11.3 Å². The summed E-state index contributed by atoms with van der Waals surface area (Å²) in [6, 6.07) is 16.8. The van der Waals surface area contributed by atoms with Gasteiger partial charge in [-0.15, -0.1) is 11.3 Å². The van der Waals surface area contributed by atoms with E-state index in [1.54, 1.807) is 31.4 Å². The van der Waals surface area contributed by atoms with E-state index in [9.17, 15) is 4.79 Å². The average Bonchev–Trinajstić information content (AvgIpc) is 3.09. The molecular weight excluding hydrogens is 310 g/mol. The topological polar surface area (TPSA) is 63.2 Å². The highest BCUT2D eigenvalue weighted by molar-refractivity contribution is 7.14. The second kappa shape index (κ2) is 6.93. The van der Waals surface area contributed by atoms with Crippen LogP contribution in [-0.2, 0) is 0 Å².